The maximum Gasteiger partial charge on any atom is 0.225 e. The van der Waals surface area contributed by atoms with E-state index in [1.807, 2.05) is 12.1 Å². The van der Waals surface area contributed by atoms with Crippen LogP contribution in [0.3, 0.4) is 0 Å². The highest BCUT2D eigenvalue weighted by Crippen LogP contribution is 2.19. The number of hydrogen-bond donors (Lipinski definition) is 2. The van der Waals surface area contributed by atoms with Crippen molar-refractivity contribution in [2.45, 2.75) is 38.1 Å². The van der Waals surface area contributed by atoms with E-state index in [9.17, 15) is 4.79 Å². The van der Waals surface area contributed by atoms with Gasteiger partial charge in [-0.25, -0.2) is 4.98 Å². The van der Waals surface area contributed by atoms with Crippen molar-refractivity contribution in [3.05, 3.63) is 18.3 Å². The highest BCUT2D eigenvalue weighted by molar-refractivity contribution is 5.91. The zero-order chi connectivity index (χ0) is 13.8. The Labute approximate surface area is 144 Å². The lowest BCUT2D eigenvalue weighted by Crippen LogP contribution is -2.27. The Morgan fingerprint density at radius 1 is 1.27 bits per heavy atom. The molecule has 2 fully saturated rings. The summed E-state index contributed by atoms with van der Waals surface area (Å²) in [4.78, 5) is 18.6. The number of halogens is 2. The van der Waals surface area contributed by atoms with Crippen LogP contribution in [0.2, 0.25) is 0 Å². The van der Waals surface area contributed by atoms with Crippen molar-refractivity contribution < 1.29 is 4.79 Å². The summed E-state index contributed by atoms with van der Waals surface area (Å²) >= 11 is 0. The molecule has 2 aliphatic heterocycles. The van der Waals surface area contributed by atoms with E-state index in [2.05, 4.69) is 20.5 Å². The second kappa shape index (κ2) is 9.18. The van der Waals surface area contributed by atoms with Crippen molar-refractivity contribution >= 4 is 42.2 Å². The molecule has 1 amide bonds. The van der Waals surface area contributed by atoms with Crippen LogP contribution in [0.15, 0.2) is 18.3 Å². The SMILES string of the molecule is Cl.Cl.O=C(CC1CCCN1)Nc1ccc(N2CCCC2)nc1. The van der Waals surface area contributed by atoms with E-state index in [0.29, 0.717) is 12.5 Å². The van der Waals surface area contributed by atoms with Crippen LogP contribution in [0.5, 0.6) is 0 Å². The monoisotopic (exact) mass is 346 g/mol. The third kappa shape index (κ3) is 5.00. The van der Waals surface area contributed by atoms with Crippen LogP contribution in [-0.4, -0.2) is 36.6 Å². The van der Waals surface area contributed by atoms with Gasteiger partial charge in [0.15, 0.2) is 0 Å². The summed E-state index contributed by atoms with van der Waals surface area (Å²) in [7, 11) is 0. The van der Waals surface area contributed by atoms with E-state index in [4.69, 9.17) is 0 Å². The van der Waals surface area contributed by atoms with Crippen LogP contribution in [0.1, 0.15) is 32.1 Å². The van der Waals surface area contributed by atoms with Crippen LogP contribution in [-0.2, 0) is 4.79 Å². The van der Waals surface area contributed by atoms with E-state index in [-0.39, 0.29) is 30.7 Å². The molecular weight excluding hydrogens is 323 g/mol. The Bertz CT molecular complexity index is 457. The van der Waals surface area contributed by atoms with Crippen molar-refractivity contribution in [3.63, 3.8) is 0 Å². The average Bonchev–Trinajstić information content (AvgIpc) is 3.12. The summed E-state index contributed by atoms with van der Waals surface area (Å²) in [6, 6.07) is 4.28. The third-order valence-electron chi connectivity index (χ3n) is 4.06. The second-order valence-corrected chi connectivity index (χ2v) is 5.64. The molecule has 124 valence electrons. The third-order valence-corrected chi connectivity index (χ3v) is 4.06. The Morgan fingerprint density at radius 3 is 2.64 bits per heavy atom. The van der Waals surface area contributed by atoms with E-state index >= 15 is 0 Å². The number of hydrogen-bond acceptors (Lipinski definition) is 4. The number of carbonyl (C=O) groups excluding carboxylic acids is 1. The van der Waals surface area contributed by atoms with Gasteiger partial charge in [-0.15, -0.1) is 24.8 Å². The van der Waals surface area contributed by atoms with Crippen molar-refractivity contribution in [3.8, 4) is 0 Å². The van der Waals surface area contributed by atoms with E-state index in [1.54, 1.807) is 6.20 Å². The minimum absolute atomic E-state index is 0. The van der Waals surface area contributed by atoms with Crippen LogP contribution < -0.4 is 15.5 Å². The van der Waals surface area contributed by atoms with Crippen molar-refractivity contribution in [2.75, 3.05) is 29.9 Å². The maximum absolute atomic E-state index is 11.9. The molecule has 0 saturated carbocycles. The molecule has 1 unspecified atom stereocenters. The molecule has 0 aliphatic carbocycles. The molecule has 5 nitrogen and oxygen atoms in total. The molecule has 0 aromatic carbocycles. The zero-order valence-corrected chi connectivity index (χ0v) is 14.2. The first-order valence-electron chi connectivity index (χ1n) is 7.55. The van der Waals surface area contributed by atoms with Gasteiger partial charge in [-0.1, -0.05) is 0 Å². The number of nitrogens with one attached hydrogen (secondary N) is 2. The molecular formula is C15H24Cl2N4O. The molecule has 0 spiro atoms. The molecule has 2 N–H and O–H groups in total. The smallest absolute Gasteiger partial charge is 0.225 e. The van der Waals surface area contributed by atoms with Gasteiger partial charge in [0.1, 0.15) is 5.82 Å². The number of nitrogens with zero attached hydrogens (tertiary/aromatic N) is 2. The Kier molecular flexibility index (Phi) is 7.93. The molecule has 7 heteroatoms. The molecule has 1 aromatic rings. The fourth-order valence-electron chi connectivity index (χ4n) is 2.96. The van der Waals surface area contributed by atoms with E-state index in [0.717, 1.165) is 37.6 Å². The topological polar surface area (TPSA) is 57.3 Å². The van der Waals surface area contributed by atoms with Gasteiger partial charge < -0.3 is 15.5 Å². The van der Waals surface area contributed by atoms with Gasteiger partial charge in [0.2, 0.25) is 5.91 Å². The normalized spacial score (nSPS) is 20.2. The highest BCUT2D eigenvalue weighted by atomic mass is 35.5. The first kappa shape index (κ1) is 19.0. The quantitative estimate of drug-likeness (QED) is 0.879. The number of carbonyl (C=O) groups is 1. The minimum atomic E-state index is 0. The number of anilines is 2. The Hall–Kier alpha value is -1.04. The predicted molar refractivity (Wildman–Crippen MR) is 94.5 cm³/mol. The van der Waals surface area contributed by atoms with Crippen molar-refractivity contribution in [1.29, 1.82) is 0 Å². The summed E-state index contributed by atoms with van der Waals surface area (Å²) in [6.45, 7) is 3.21. The van der Waals surface area contributed by atoms with Crippen LogP contribution in [0, 0.1) is 0 Å². The molecule has 0 radical (unpaired) electrons. The van der Waals surface area contributed by atoms with Crippen molar-refractivity contribution in [1.82, 2.24) is 10.3 Å². The fraction of sp³-hybridized carbons (Fsp3) is 0.600. The molecule has 22 heavy (non-hydrogen) atoms. The molecule has 1 aromatic heterocycles. The number of rotatable bonds is 4. The average molecular weight is 347 g/mol. The summed E-state index contributed by atoms with van der Waals surface area (Å²) in [5, 5.41) is 6.26. The second-order valence-electron chi connectivity index (χ2n) is 5.64. The first-order chi connectivity index (χ1) is 9.81. The lowest BCUT2D eigenvalue weighted by atomic mass is 10.1. The van der Waals surface area contributed by atoms with Crippen LogP contribution in [0.4, 0.5) is 11.5 Å². The summed E-state index contributed by atoms with van der Waals surface area (Å²) < 4.78 is 0. The molecule has 1 atom stereocenters. The van der Waals surface area contributed by atoms with Crippen LogP contribution >= 0.6 is 24.8 Å². The number of aromatic nitrogens is 1. The van der Waals surface area contributed by atoms with Gasteiger partial charge >= 0.3 is 0 Å². The van der Waals surface area contributed by atoms with Gasteiger partial charge in [0.05, 0.1) is 11.9 Å². The lowest BCUT2D eigenvalue weighted by Gasteiger charge is -2.16. The molecule has 3 rings (SSSR count). The van der Waals surface area contributed by atoms with E-state index < -0.39 is 0 Å². The zero-order valence-electron chi connectivity index (χ0n) is 12.6. The van der Waals surface area contributed by atoms with Gasteiger partial charge in [-0.05, 0) is 44.4 Å². The Morgan fingerprint density at radius 2 is 2.05 bits per heavy atom. The minimum Gasteiger partial charge on any atom is -0.357 e. The first-order valence-corrected chi connectivity index (χ1v) is 7.55. The van der Waals surface area contributed by atoms with E-state index in [1.165, 1.54) is 19.3 Å². The number of amides is 1. The van der Waals surface area contributed by atoms with Gasteiger partial charge in [0, 0.05) is 25.6 Å². The van der Waals surface area contributed by atoms with Crippen molar-refractivity contribution in [2.24, 2.45) is 0 Å². The van der Waals surface area contributed by atoms with Crippen LogP contribution in [0.25, 0.3) is 0 Å². The molecule has 2 saturated heterocycles. The summed E-state index contributed by atoms with van der Waals surface area (Å²) in [6.07, 6.45) is 7.06. The Balaban J connectivity index is 0.00000121. The number of pyridine rings is 1. The van der Waals surface area contributed by atoms with Gasteiger partial charge in [0.25, 0.3) is 0 Å². The predicted octanol–water partition coefficient (Wildman–Crippen LogP) is 2.61. The maximum atomic E-state index is 11.9. The standard InChI is InChI=1S/C15H22N4O.2ClH/c20-15(10-12-4-3-7-16-12)18-13-5-6-14(17-11-13)19-8-1-2-9-19;;/h5-6,11-12,16H,1-4,7-10H2,(H,18,20);2*1H. The van der Waals surface area contributed by atoms with Gasteiger partial charge in [-0.2, -0.15) is 0 Å². The summed E-state index contributed by atoms with van der Waals surface area (Å²) in [5.41, 5.74) is 0.788. The largest absolute Gasteiger partial charge is 0.357 e. The molecule has 3 heterocycles. The summed E-state index contributed by atoms with van der Waals surface area (Å²) in [5.74, 6) is 1.08. The molecule has 0 bridgehead atoms. The highest BCUT2D eigenvalue weighted by Gasteiger charge is 2.18. The van der Waals surface area contributed by atoms with Gasteiger partial charge in [-0.3, -0.25) is 4.79 Å². The lowest BCUT2D eigenvalue weighted by molar-refractivity contribution is -0.116. The molecule has 2 aliphatic rings. The fourth-order valence-corrected chi connectivity index (χ4v) is 2.96.